The Bertz CT molecular complexity index is 494. The molecular formula is C12H16ClF2NO3S. The number of hydrogen-bond acceptors (Lipinski definition) is 3. The quantitative estimate of drug-likeness (QED) is 0.558. The molecule has 0 aromatic heterocycles. The van der Waals surface area contributed by atoms with E-state index < -0.39 is 23.1 Å². The fraction of sp³-hybridized carbons (Fsp3) is 0.500. The van der Waals surface area contributed by atoms with Crippen LogP contribution in [0.5, 0.6) is 0 Å². The van der Waals surface area contributed by atoms with Gasteiger partial charge in [0.2, 0.25) is 10.0 Å². The van der Waals surface area contributed by atoms with Crippen molar-refractivity contribution in [1.82, 2.24) is 4.72 Å². The number of sulfonamides is 1. The zero-order valence-electron chi connectivity index (χ0n) is 10.7. The van der Waals surface area contributed by atoms with Crippen LogP contribution in [0.15, 0.2) is 29.2 Å². The number of hydrogen-bond donors (Lipinski definition) is 1. The normalized spacial score (nSPS) is 12.0. The van der Waals surface area contributed by atoms with Crippen LogP contribution in [0.25, 0.3) is 0 Å². The van der Waals surface area contributed by atoms with E-state index in [2.05, 4.69) is 9.46 Å². The third kappa shape index (κ3) is 6.13. The molecule has 20 heavy (non-hydrogen) atoms. The van der Waals surface area contributed by atoms with Crippen molar-refractivity contribution in [2.75, 3.05) is 25.6 Å². The van der Waals surface area contributed by atoms with E-state index in [1.54, 1.807) is 12.1 Å². The first-order chi connectivity index (χ1) is 9.45. The van der Waals surface area contributed by atoms with Gasteiger partial charge in [-0.2, -0.15) is 0 Å². The van der Waals surface area contributed by atoms with Gasteiger partial charge in [0.05, 0.1) is 11.5 Å². The van der Waals surface area contributed by atoms with Crippen LogP contribution in [0.2, 0.25) is 0 Å². The van der Waals surface area contributed by atoms with Crippen molar-refractivity contribution in [2.45, 2.75) is 17.7 Å². The summed E-state index contributed by atoms with van der Waals surface area (Å²) in [5.74, 6) is 0.464. The van der Waals surface area contributed by atoms with Crippen LogP contribution in [0, 0.1) is 0 Å². The zero-order valence-corrected chi connectivity index (χ0v) is 12.3. The molecule has 0 fully saturated rings. The lowest BCUT2D eigenvalue weighted by Gasteiger charge is -2.08. The van der Waals surface area contributed by atoms with E-state index >= 15 is 0 Å². The van der Waals surface area contributed by atoms with E-state index in [4.69, 9.17) is 11.6 Å². The summed E-state index contributed by atoms with van der Waals surface area (Å²) in [6, 6.07) is 6.32. The Morgan fingerprint density at radius 3 is 2.45 bits per heavy atom. The molecule has 8 heteroatoms. The van der Waals surface area contributed by atoms with Gasteiger partial charge < -0.3 is 4.74 Å². The second kappa shape index (κ2) is 8.51. The van der Waals surface area contributed by atoms with Crippen LogP contribution in [0.3, 0.4) is 0 Å². The maximum absolute atomic E-state index is 11.9. The number of alkyl halides is 3. The number of halogens is 3. The Kier molecular flexibility index (Phi) is 7.36. The summed E-state index contributed by atoms with van der Waals surface area (Å²) in [6.45, 7) is -0.860. The number of ether oxygens (including phenoxy) is 1. The van der Waals surface area contributed by atoms with Gasteiger partial charge in [0.15, 0.2) is 0 Å². The molecule has 0 aliphatic heterocycles. The third-order valence-corrected chi connectivity index (χ3v) is 4.07. The van der Waals surface area contributed by atoms with Gasteiger partial charge in [-0.25, -0.2) is 21.9 Å². The molecule has 0 saturated heterocycles. The highest BCUT2D eigenvalue weighted by molar-refractivity contribution is 7.89. The molecule has 0 amide bonds. The number of aryl methyl sites for hydroxylation is 1. The molecule has 0 unspecified atom stereocenters. The molecule has 0 heterocycles. The van der Waals surface area contributed by atoms with E-state index in [-0.39, 0.29) is 18.0 Å². The van der Waals surface area contributed by atoms with Crippen LogP contribution >= 0.6 is 11.6 Å². The van der Waals surface area contributed by atoms with Gasteiger partial charge in [-0.1, -0.05) is 12.1 Å². The Morgan fingerprint density at radius 2 is 1.90 bits per heavy atom. The molecule has 0 radical (unpaired) electrons. The van der Waals surface area contributed by atoms with Crippen molar-refractivity contribution in [2.24, 2.45) is 0 Å². The van der Waals surface area contributed by atoms with Gasteiger partial charge in [-0.05, 0) is 24.1 Å². The van der Waals surface area contributed by atoms with E-state index in [9.17, 15) is 17.2 Å². The summed E-state index contributed by atoms with van der Waals surface area (Å²) in [7, 11) is -3.64. The smallest absolute Gasteiger partial charge is 0.261 e. The highest BCUT2D eigenvalue weighted by atomic mass is 35.5. The van der Waals surface area contributed by atoms with Crippen molar-refractivity contribution in [3.05, 3.63) is 29.8 Å². The predicted octanol–water partition coefficient (Wildman–Crippen LogP) is 2.03. The molecule has 1 rings (SSSR count). The lowest BCUT2D eigenvalue weighted by molar-refractivity contribution is 0.0199. The molecule has 0 bridgehead atoms. The molecule has 114 valence electrons. The SMILES string of the molecule is O=S(=O)(NCCOCC(F)F)c1ccc(CCCl)cc1. The first kappa shape index (κ1) is 17.3. The lowest BCUT2D eigenvalue weighted by atomic mass is 10.2. The Hall–Kier alpha value is -0.760. The van der Waals surface area contributed by atoms with Crippen LogP contribution in [0.4, 0.5) is 8.78 Å². The minimum absolute atomic E-state index is 0.0571. The molecular weight excluding hydrogens is 312 g/mol. The van der Waals surface area contributed by atoms with Crippen LogP contribution in [-0.4, -0.2) is 40.5 Å². The van der Waals surface area contributed by atoms with Gasteiger partial charge in [-0.3, -0.25) is 0 Å². The lowest BCUT2D eigenvalue weighted by Crippen LogP contribution is -2.28. The standard InChI is InChI=1S/C12H16ClF2NO3S/c13-6-5-10-1-3-11(4-2-10)20(17,18)16-7-8-19-9-12(14)15/h1-4,12,16H,5-9H2. The number of rotatable bonds is 9. The fourth-order valence-electron chi connectivity index (χ4n) is 1.45. The van der Waals surface area contributed by atoms with Gasteiger partial charge in [0.1, 0.15) is 6.61 Å². The molecule has 1 aromatic rings. The summed E-state index contributed by atoms with van der Waals surface area (Å²) in [5, 5.41) is 0. The van der Waals surface area contributed by atoms with E-state index in [0.29, 0.717) is 12.3 Å². The Labute approximate surface area is 122 Å². The van der Waals surface area contributed by atoms with Crippen molar-refractivity contribution >= 4 is 21.6 Å². The molecule has 4 nitrogen and oxygen atoms in total. The van der Waals surface area contributed by atoms with Crippen LogP contribution in [-0.2, 0) is 21.2 Å². The Morgan fingerprint density at radius 1 is 1.25 bits per heavy atom. The summed E-state index contributed by atoms with van der Waals surface area (Å²) in [5.41, 5.74) is 0.944. The summed E-state index contributed by atoms with van der Waals surface area (Å²) in [4.78, 5) is 0.115. The van der Waals surface area contributed by atoms with E-state index in [1.165, 1.54) is 12.1 Å². The zero-order chi connectivity index (χ0) is 15.0. The first-order valence-corrected chi connectivity index (χ1v) is 7.98. The van der Waals surface area contributed by atoms with Gasteiger partial charge in [0.25, 0.3) is 6.43 Å². The summed E-state index contributed by atoms with van der Waals surface area (Å²) < 4.78 is 54.2. The summed E-state index contributed by atoms with van der Waals surface area (Å²) >= 11 is 5.59. The van der Waals surface area contributed by atoms with Gasteiger partial charge >= 0.3 is 0 Å². The number of benzene rings is 1. The van der Waals surface area contributed by atoms with Crippen LogP contribution in [0.1, 0.15) is 5.56 Å². The van der Waals surface area contributed by atoms with Crippen molar-refractivity contribution in [1.29, 1.82) is 0 Å². The largest absolute Gasteiger partial charge is 0.374 e. The molecule has 1 aromatic carbocycles. The second-order valence-electron chi connectivity index (χ2n) is 3.95. The molecule has 0 atom stereocenters. The van der Waals surface area contributed by atoms with Crippen LogP contribution < -0.4 is 4.72 Å². The van der Waals surface area contributed by atoms with Crippen molar-refractivity contribution < 1.29 is 21.9 Å². The molecule has 0 aliphatic carbocycles. The average Bonchev–Trinajstić information content (AvgIpc) is 2.39. The molecule has 0 aliphatic rings. The maximum Gasteiger partial charge on any atom is 0.261 e. The maximum atomic E-state index is 11.9. The van der Waals surface area contributed by atoms with E-state index in [0.717, 1.165) is 5.56 Å². The first-order valence-electron chi connectivity index (χ1n) is 5.96. The predicted molar refractivity (Wildman–Crippen MR) is 72.9 cm³/mol. The van der Waals surface area contributed by atoms with Crippen molar-refractivity contribution in [3.8, 4) is 0 Å². The third-order valence-electron chi connectivity index (χ3n) is 2.40. The minimum Gasteiger partial charge on any atom is -0.374 e. The molecule has 0 saturated carbocycles. The minimum atomic E-state index is -3.64. The highest BCUT2D eigenvalue weighted by Crippen LogP contribution is 2.11. The molecule has 1 N–H and O–H groups in total. The Balaban J connectivity index is 2.47. The monoisotopic (exact) mass is 327 g/mol. The van der Waals surface area contributed by atoms with Crippen molar-refractivity contribution in [3.63, 3.8) is 0 Å². The van der Waals surface area contributed by atoms with Gasteiger partial charge in [-0.15, -0.1) is 11.6 Å². The molecule has 0 spiro atoms. The highest BCUT2D eigenvalue weighted by Gasteiger charge is 2.13. The fourth-order valence-corrected chi connectivity index (χ4v) is 2.68. The summed E-state index contributed by atoms with van der Waals surface area (Å²) in [6.07, 6.45) is -1.89. The average molecular weight is 328 g/mol. The van der Waals surface area contributed by atoms with Gasteiger partial charge in [0, 0.05) is 12.4 Å². The number of nitrogens with one attached hydrogen (secondary N) is 1. The second-order valence-corrected chi connectivity index (χ2v) is 6.09. The topological polar surface area (TPSA) is 55.4 Å². The van der Waals surface area contributed by atoms with E-state index in [1.807, 2.05) is 0 Å².